The van der Waals surface area contributed by atoms with Gasteiger partial charge in [0.05, 0.1) is 11.4 Å². The van der Waals surface area contributed by atoms with Gasteiger partial charge in [-0.25, -0.2) is 8.42 Å². The summed E-state index contributed by atoms with van der Waals surface area (Å²) in [5.74, 6) is 0.341. The first-order valence-electron chi connectivity index (χ1n) is 9.11. The van der Waals surface area contributed by atoms with E-state index in [1.807, 2.05) is 0 Å². The lowest BCUT2D eigenvalue weighted by atomic mass is 10.1. The van der Waals surface area contributed by atoms with Crippen LogP contribution in [-0.4, -0.2) is 62.8 Å². The van der Waals surface area contributed by atoms with Crippen LogP contribution in [0.3, 0.4) is 0 Å². The van der Waals surface area contributed by atoms with E-state index in [-0.39, 0.29) is 29.8 Å². The van der Waals surface area contributed by atoms with Crippen LogP contribution >= 0.6 is 24.0 Å². The normalized spacial score (nSPS) is 21.1. The van der Waals surface area contributed by atoms with Gasteiger partial charge >= 0.3 is 0 Å². The van der Waals surface area contributed by atoms with E-state index in [0.717, 1.165) is 30.3 Å². The fourth-order valence-corrected chi connectivity index (χ4v) is 5.37. The summed E-state index contributed by atoms with van der Waals surface area (Å²) in [6, 6.07) is 10.3. The van der Waals surface area contributed by atoms with E-state index in [0.29, 0.717) is 30.6 Å². The van der Waals surface area contributed by atoms with Crippen LogP contribution in [0.5, 0.6) is 0 Å². The fraction of sp³-hybridized carbons (Fsp3) is 0.421. The molecule has 2 aromatic carbocycles. The number of fused-ring (bicyclic) bond motifs is 1. The summed E-state index contributed by atoms with van der Waals surface area (Å²) < 4.78 is 27.3. The Kier molecular flexibility index (Phi) is 6.51. The van der Waals surface area contributed by atoms with Crippen molar-refractivity contribution in [2.75, 3.05) is 39.3 Å². The highest BCUT2D eigenvalue weighted by atomic mass is 35.5. The Labute approximate surface area is 176 Å². The van der Waals surface area contributed by atoms with Crippen LogP contribution in [0.25, 0.3) is 10.8 Å². The van der Waals surface area contributed by atoms with Crippen molar-refractivity contribution in [2.45, 2.75) is 11.3 Å². The second-order valence-electron chi connectivity index (χ2n) is 7.19. The zero-order valence-electron chi connectivity index (χ0n) is 15.3. The van der Waals surface area contributed by atoms with Crippen molar-refractivity contribution in [3.8, 4) is 0 Å². The SMILES string of the molecule is Cl.O=C1CN(S(=O)(=O)c2ccc3cc(Cl)ccc3c2)CCN1CC1CCNC1. The van der Waals surface area contributed by atoms with Gasteiger partial charge in [0, 0.05) is 24.7 Å². The molecule has 2 saturated heterocycles. The van der Waals surface area contributed by atoms with Gasteiger partial charge < -0.3 is 10.2 Å². The Hall–Kier alpha value is -1.38. The van der Waals surface area contributed by atoms with Gasteiger partial charge in [-0.2, -0.15) is 4.31 Å². The minimum absolute atomic E-state index is 0. The number of sulfonamides is 1. The number of hydrogen-bond donors (Lipinski definition) is 1. The van der Waals surface area contributed by atoms with E-state index in [1.165, 1.54) is 4.31 Å². The summed E-state index contributed by atoms with van der Waals surface area (Å²) >= 11 is 5.99. The second kappa shape index (κ2) is 8.55. The minimum Gasteiger partial charge on any atom is -0.340 e. The molecule has 28 heavy (non-hydrogen) atoms. The van der Waals surface area contributed by atoms with Crippen LogP contribution in [0.4, 0.5) is 0 Å². The molecule has 9 heteroatoms. The van der Waals surface area contributed by atoms with Gasteiger partial charge in [0.15, 0.2) is 0 Å². The molecule has 0 aliphatic carbocycles. The van der Waals surface area contributed by atoms with E-state index in [1.54, 1.807) is 41.3 Å². The first kappa shape index (κ1) is 21.3. The zero-order valence-corrected chi connectivity index (χ0v) is 17.7. The number of amides is 1. The quantitative estimate of drug-likeness (QED) is 0.786. The average Bonchev–Trinajstić information content (AvgIpc) is 3.16. The molecule has 1 N–H and O–H groups in total. The molecule has 1 unspecified atom stereocenters. The van der Waals surface area contributed by atoms with Gasteiger partial charge in [0.2, 0.25) is 15.9 Å². The predicted octanol–water partition coefficient (Wildman–Crippen LogP) is 2.36. The number of nitrogens with zero attached hydrogens (tertiary/aromatic N) is 2. The summed E-state index contributed by atoms with van der Waals surface area (Å²) in [7, 11) is -3.71. The average molecular weight is 444 g/mol. The highest BCUT2D eigenvalue weighted by Gasteiger charge is 2.34. The van der Waals surface area contributed by atoms with Gasteiger partial charge in [-0.3, -0.25) is 4.79 Å². The van der Waals surface area contributed by atoms with Crippen molar-refractivity contribution < 1.29 is 13.2 Å². The molecular formula is C19H23Cl2N3O3S. The molecule has 2 aliphatic heterocycles. The lowest BCUT2D eigenvalue weighted by Crippen LogP contribution is -2.53. The maximum atomic E-state index is 13.0. The van der Waals surface area contributed by atoms with Gasteiger partial charge in [-0.05, 0) is 60.5 Å². The third-order valence-corrected chi connectivity index (χ3v) is 7.41. The van der Waals surface area contributed by atoms with Gasteiger partial charge in [-0.15, -0.1) is 12.4 Å². The van der Waals surface area contributed by atoms with E-state index >= 15 is 0 Å². The van der Waals surface area contributed by atoms with Gasteiger partial charge in [0.25, 0.3) is 0 Å². The van der Waals surface area contributed by atoms with E-state index in [9.17, 15) is 13.2 Å². The Morgan fingerprint density at radius 3 is 2.57 bits per heavy atom. The monoisotopic (exact) mass is 443 g/mol. The molecule has 1 atom stereocenters. The molecule has 0 radical (unpaired) electrons. The number of benzene rings is 2. The fourth-order valence-electron chi connectivity index (χ4n) is 3.77. The molecule has 0 bridgehead atoms. The number of hydrogen-bond acceptors (Lipinski definition) is 4. The van der Waals surface area contributed by atoms with E-state index < -0.39 is 10.0 Å². The van der Waals surface area contributed by atoms with Crippen molar-refractivity contribution in [3.05, 3.63) is 41.4 Å². The Balaban J connectivity index is 0.00000225. The smallest absolute Gasteiger partial charge is 0.243 e. The molecule has 2 heterocycles. The van der Waals surface area contributed by atoms with Crippen LogP contribution in [0.2, 0.25) is 5.02 Å². The second-order valence-corrected chi connectivity index (χ2v) is 9.56. The number of rotatable bonds is 4. The van der Waals surface area contributed by atoms with Crippen LogP contribution < -0.4 is 5.32 Å². The lowest BCUT2D eigenvalue weighted by molar-refractivity contribution is -0.134. The number of halogens is 2. The zero-order chi connectivity index (χ0) is 19.0. The lowest BCUT2D eigenvalue weighted by Gasteiger charge is -2.34. The molecule has 2 aliphatic rings. The number of piperazine rings is 1. The molecule has 0 spiro atoms. The van der Waals surface area contributed by atoms with E-state index in [2.05, 4.69) is 5.32 Å². The Morgan fingerprint density at radius 2 is 1.86 bits per heavy atom. The molecular weight excluding hydrogens is 421 g/mol. The Morgan fingerprint density at radius 1 is 1.11 bits per heavy atom. The number of carbonyl (C=O) groups is 1. The predicted molar refractivity (Wildman–Crippen MR) is 113 cm³/mol. The summed E-state index contributed by atoms with van der Waals surface area (Å²) in [4.78, 5) is 14.5. The molecule has 2 aromatic rings. The van der Waals surface area contributed by atoms with Crippen LogP contribution in [0.1, 0.15) is 6.42 Å². The largest absolute Gasteiger partial charge is 0.340 e. The summed E-state index contributed by atoms with van der Waals surface area (Å²) in [5.41, 5.74) is 0. The molecule has 0 saturated carbocycles. The summed E-state index contributed by atoms with van der Waals surface area (Å²) in [6.07, 6.45) is 1.06. The molecule has 1 amide bonds. The van der Waals surface area contributed by atoms with Crippen molar-refractivity contribution in [3.63, 3.8) is 0 Å². The Bertz CT molecular complexity index is 978. The highest BCUT2D eigenvalue weighted by Crippen LogP contribution is 2.25. The summed E-state index contributed by atoms with van der Waals surface area (Å²) in [6.45, 7) is 3.29. The topological polar surface area (TPSA) is 69.7 Å². The molecule has 6 nitrogen and oxygen atoms in total. The van der Waals surface area contributed by atoms with Crippen molar-refractivity contribution in [2.24, 2.45) is 5.92 Å². The third-order valence-electron chi connectivity index (χ3n) is 5.34. The van der Waals surface area contributed by atoms with Crippen LogP contribution in [0, 0.1) is 5.92 Å². The van der Waals surface area contributed by atoms with E-state index in [4.69, 9.17) is 11.6 Å². The summed E-state index contributed by atoms with van der Waals surface area (Å²) in [5, 5.41) is 5.59. The maximum absolute atomic E-state index is 13.0. The number of nitrogens with one attached hydrogen (secondary N) is 1. The molecule has 4 rings (SSSR count). The van der Waals surface area contributed by atoms with Crippen LogP contribution in [-0.2, 0) is 14.8 Å². The van der Waals surface area contributed by atoms with Crippen molar-refractivity contribution in [1.82, 2.24) is 14.5 Å². The minimum atomic E-state index is -3.71. The first-order chi connectivity index (χ1) is 12.9. The van der Waals surface area contributed by atoms with Crippen LogP contribution in [0.15, 0.2) is 41.3 Å². The van der Waals surface area contributed by atoms with Gasteiger partial charge in [-0.1, -0.05) is 23.7 Å². The highest BCUT2D eigenvalue weighted by molar-refractivity contribution is 7.89. The first-order valence-corrected chi connectivity index (χ1v) is 10.9. The third kappa shape index (κ3) is 4.28. The maximum Gasteiger partial charge on any atom is 0.243 e. The standard InChI is InChI=1S/C19H22ClN3O3S.ClH/c20-17-3-1-16-10-18(4-2-15(16)9-17)27(25,26)23-8-7-22(19(24)13-23)12-14-5-6-21-11-14;/h1-4,9-10,14,21H,5-8,11-13H2;1H. The van der Waals surface area contributed by atoms with Crippen molar-refractivity contribution >= 4 is 50.7 Å². The number of carbonyl (C=O) groups excluding carboxylic acids is 1. The van der Waals surface area contributed by atoms with Crippen molar-refractivity contribution in [1.29, 1.82) is 0 Å². The molecule has 2 fully saturated rings. The molecule has 0 aromatic heterocycles. The van der Waals surface area contributed by atoms with Gasteiger partial charge in [0.1, 0.15) is 0 Å². The molecule has 152 valence electrons.